The first-order valence-corrected chi connectivity index (χ1v) is 45.5. The van der Waals surface area contributed by atoms with Crippen LogP contribution in [0, 0.1) is 29.6 Å². The fraction of sp³-hybridized carbons (Fsp3) is 0.656. The number of allylic oxidation sites excluding steroid dienone is 5. The number of aromatic nitrogens is 5. The average Bonchev–Trinajstić information content (AvgIpc) is 1.56. The predicted octanol–water partition coefficient (Wildman–Crippen LogP) is 8.48. The summed E-state index contributed by atoms with van der Waals surface area (Å²) in [5, 5.41) is 32.9. The van der Waals surface area contributed by atoms with Gasteiger partial charge in [0.05, 0.1) is 148 Å². The van der Waals surface area contributed by atoms with Crippen molar-refractivity contribution in [2.75, 3.05) is 165 Å². The zero-order valence-electron chi connectivity index (χ0n) is 76.2. The van der Waals surface area contributed by atoms with Crippen molar-refractivity contribution in [2.24, 2.45) is 35.3 Å². The number of carbonyl (C=O) groups excluding carboxylic acids is 5. The van der Waals surface area contributed by atoms with Crippen LogP contribution in [-0.4, -0.2) is 300 Å². The van der Waals surface area contributed by atoms with Gasteiger partial charge in [0.25, 0.3) is 22.9 Å². The Morgan fingerprint density at radius 1 is 0.703 bits per heavy atom. The minimum atomic E-state index is -2.47. The number of thiocarbonyl (C=S) groups is 1. The zero-order valence-corrected chi connectivity index (χ0v) is 77.0. The van der Waals surface area contributed by atoms with Gasteiger partial charge in [0.15, 0.2) is 17.0 Å². The highest BCUT2D eigenvalue weighted by Crippen LogP contribution is 2.40. The summed E-state index contributed by atoms with van der Waals surface area (Å²) in [6, 6.07) is 10.00. The molecular formula is C93H137N11O23S. The number of nitrogen functional groups attached to an aromatic ring is 2. The number of esters is 1. The van der Waals surface area contributed by atoms with Crippen LogP contribution < -0.4 is 22.5 Å². The fourth-order valence-electron chi connectivity index (χ4n) is 17.3. The highest BCUT2D eigenvalue weighted by atomic mass is 32.1. The molecule has 1 aliphatic carbocycles. The number of carbonyl (C=O) groups is 5. The fourth-order valence-corrected chi connectivity index (χ4v) is 17.6. The minimum absolute atomic E-state index is 0.00572. The standard InChI is InChI=1S/C93H137N11O23S/c1-59-16-12-11-13-17-60(2)76(112-7)54-70-24-19-64(6)93(111,127-70)86(108)89(109)103-30-15-14-18-73(103)90(110)124-78(55-77(113-8)61(3)49-63(5)84(107)85(115-10)83(106)62(4)48-59)71(94)51-65-21-25-75(79(52-65)114-9)126-92(128)97-29-33-117-35-37-119-39-41-121-43-45-123-47-46-122-44-42-120-40-38-118-36-34-116-32-28-80(105)102-31-27-67-50-66(20-22-69(67)57-102)56-104-88-81(87(95)98-58-99-88)82(101-104)68-23-26-74-72(53-68)100-91(96)125-74/h11-13,16-17,20,22-23,26,49-50,53,58-59,61-62,64-65,70-71,73,75-79,84-85,107,111H,14-15,18-19,21,24-25,27-48,51-52,54-57,94H2,1-10H3,(H2,96,100)(H,97,128)(H2,95,98,99)/b13-11+,16-12+,60-17+,63-49+/t59-,61-,62-,64-,65+,70+,71-,73+,75-,76+,77-,78+,79-,84-,85+,93-/m1/s1. The number of hydrogen-bond donors (Lipinski definition) is 6. The molecule has 2 bridgehead atoms. The number of nitrogens with two attached hydrogens (primary N) is 3. The molecule has 10 rings (SSSR count). The Hall–Kier alpha value is -8.18. The van der Waals surface area contributed by atoms with Crippen molar-refractivity contribution < 1.29 is 110 Å². The van der Waals surface area contributed by atoms with Gasteiger partial charge in [-0.2, -0.15) is 10.1 Å². The van der Waals surface area contributed by atoms with Gasteiger partial charge in [-0.3, -0.25) is 19.2 Å². The Morgan fingerprint density at radius 2 is 1.38 bits per heavy atom. The van der Waals surface area contributed by atoms with E-state index >= 15 is 0 Å². The molecule has 0 spiro atoms. The van der Waals surface area contributed by atoms with Crippen LogP contribution in [0.3, 0.4) is 0 Å². The molecule has 35 heteroatoms. The normalized spacial score (nSPS) is 27.4. The third-order valence-electron chi connectivity index (χ3n) is 24.7. The van der Waals surface area contributed by atoms with Gasteiger partial charge < -0.3 is 118 Å². The molecule has 708 valence electrons. The second-order valence-corrected chi connectivity index (χ2v) is 34.4. The maximum absolute atomic E-state index is 14.9. The van der Waals surface area contributed by atoms with Gasteiger partial charge in [-0.1, -0.05) is 82.4 Å². The number of nitrogens with zero attached hydrogens (tertiary/aromatic N) is 7. The first-order chi connectivity index (χ1) is 61.8. The van der Waals surface area contributed by atoms with E-state index < -0.39 is 89.9 Å². The van der Waals surface area contributed by atoms with E-state index in [2.05, 4.69) is 38.5 Å². The molecule has 7 heterocycles. The number of benzene rings is 2. The number of anilines is 2. The summed E-state index contributed by atoms with van der Waals surface area (Å²) >= 11 is 5.63. The number of Topliss-reactive ketones (excluding diaryl/α,β-unsaturated/α-hetero) is 2. The highest BCUT2D eigenvalue weighted by molar-refractivity contribution is 7.80. The molecule has 3 fully saturated rings. The van der Waals surface area contributed by atoms with E-state index in [0.29, 0.717) is 235 Å². The molecule has 2 saturated heterocycles. The van der Waals surface area contributed by atoms with Crippen LogP contribution in [0.2, 0.25) is 0 Å². The van der Waals surface area contributed by atoms with Crippen LogP contribution >= 0.6 is 12.2 Å². The van der Waals surface area contributed by atoms with Gasteiger partial charge >= 0.3 is 5.97 Å². The van der Waals surface area contributed by atoms with Crippen molar-refractivity contribution in [3.8, 4) is 11.3 Å². The molecule has 5 aliphatic rings. The monoisotopic (exact) mass is 1810 g/mol. The van der Waals surface area contributed by atoms with Crippen molar-refractivity contribution in [2.45, 2.75) is 211 Å². The summed E-state index contributed by atoms with van der Waals surface area (Å²) < 4.78 is 95.4. The maximum Gasteiger partial charge on any atom is 0.329 e. The Kier molecular flexibility index (Phi) is 41.5. The number of fused-ring (bicyclic) bond motifs is 6. The lowest BCUT2D eigenvalue weighted by Gasteiger charge is -2.43. The molecular weight excluding hydrogens is 1670 g/mol. The Bertz CT molecular complexity index is 4490. The van der Waals surface area contributed by atoms with Gasteiger partial charge in [0.2, 0.25) is 11.7 Å². The van der Waals surface area contributed by atoms with Crippen LogP contribution in [0.15, 0.2) is 94.7 Å². The smallest absolute Gasteiger partial charge is 0.329 e. The van der Waals surface area contributed by atoms with Crippen molar-refractivity contribution >= 4 is 80.7 Å². The van der Waals surface area contributed by atoms with Gasteiger partial charge in [0.1, 0.15) is 53.8 Å². The average molecular weight is 1810 g/mol. The van der Waals surface area contributed by atoms with Crippen molar-refractivity contribution in [1.29, 1.82) is 0 Å². The third-order valence-corrected chi connectivity index (χ3v) is 24.9. The lowest BCUT2D eigenvalue weighted by molar-refractivity contribution is -0.265. The summed E-state index contributed by atoms with van der Waals surface area (Å²) in [7, 11) is 6.15. The Balaban J connectivity index is 0.557. The quantitative estimate of drug-likeness (QED) is 0.00709. The molecule has 2 amide bonds. The molecule has 34 nitrogen and oxygen atoms in total. The van der Waals surface area contributed by atoms with Crippen LogP contribution in [-0.2, 0) is 115 Å². The number of aliphatic hydroxyl groups excluding tert-OH is 1. The SMILES string of the molecule is CO[C@H]1C[C@@H]2CC[C@@H](C)[C@@](O)(O2)C(=O)C(=O)N2CCCC[C@H]2C(=O)O[C@H]([C@H](N)C[C@@H]2CC[C@@H](OC(=S)NCCOCCOCCOCCOCCOCCOCCOCCOCCC(=O)N3CCc4cc(Cn5nc(-c6ccc7oc(N)nc7c6)c6c(N)ncnc65)ccc4C3)[C@H](OC)C2)C[C@@H](OC)[C@H](C)/C=C(\C)[C@@H](O)[C@@H](OC)C(=O)[C@H](C)C[C@H](C)/C=C/C=C/C=C/1C. The van der Waals surface area contributed by atoms with Crippen LogP contribution in [0.4, 0.5) is 11.8 Å². The van der Waals surface area contributed by atoms with Crippen molar-refractivity contribution in [3.05, 3.63) is 107 Å². The number of nitrogens with one attached hydrogen (secondary N) is 1. The molecule has 4 aliphatic heterocycles. The van der Waals surface area contributed by atoms with Gasteiger partial charge in [-0.15, -0.1) is 0 Å². The molecule has 0 radical (unpaired) electrons. The maximum atomic E-state index is 14.9. The van der Waals surface area contributed by atoms with E-state index in [1.807, 2.05) is 85.9 Å². The molecule has 1 saturated carbocycles. The molecule has 2 aromatic carbocycles. The topological polar surface area (TPSA) is 430 Å². The van der Waals surface area contributed by atoms with Crippen molar-refractivity contribution in [1.82, 2.24) is 39.8 Å². The van der Waals surface area contributed by atoms with Crippen LogP contribution in [0.5, 0.6) is 0 Å². The first-order valence-electron chi connectivity index (χ1n) is 45.1. The number of hydrogen-bond acceptors (Lipinski definition) is 31. The number of piperidine rings is 1. The molecule has 5 aromatic rings. The van der Waals surface area contributed by atoms with Crippen LogP contribution in [0.1, 0.15) is 142 Å². The lowest BCUT2D eigenvalue weighted by Crippen LogP contribution is -2.61. The minimum Gasteiger partial charge on any atom is -0.465 e. The first kappa shape index (κ1) is 102. The second kappa shape index (κ2) is 52.2. The van der Waals surface area contributed by atoms with E-state index in [1.165, 1.54) is 23.9 Å². The van der Waals surface area contributed by atoms with E-state index in [-0.39, 0.29) is 72.7 Å². The molecule has 128 heavy (non-hydrogen) atoms. The number of oxazole rings is 1. The van der Waals surface area contributed by atoms with Gasteiger partial charge in [-0.05, 0) is 155 Å². The molecule has 9 N–H and O–H groups in total. The number of rotatable bonds is 38. The van der Waals surface area contributed by atoms with E-state index in [4.69, 9.17) is 110 Å². The summed E-state index contributed by atoms with van der Waals surface area (Å²) in [6.45, 7) is 19.4. The second-order valence-electron chi connectivity index (χ2n) is 34.0. The predicted molar refractivity (Wildman–Crippen MR) is 482 cm³/mol. The van der Waals surface area contributed by atoms with E-state index in [0.717, 1.165) is 28.7 Å². The largest absolute Gasteiger partial charge is 0.465 e. The van der Waals surface area contributed by atoms with Crippen LogP contribution in [0.25, 0.3) is 33.4 Å². The van der Waals surface area contributed by atoms with Gasteiger partial charge in [-0.25, -0.2) is 19.4 Å². The number of ether oxygens (including phenoxy) is 15. The third kappa shape index (κ3) is 29.7. The lowest BCUT2D eigenvalue weighted by atomic mass is 9.80. The summed E-state index contributed by atoms with van der Waals surface area (Å²) in [5.74, 6) is -6.88. The summed E-state index contributed by atoms with van der Waals surface area (Å²) in [6.07, 6.45) is 13.3. The molecule has 3 aromatic heterocycles. The van der Waals surface area contributed by atoms with Crippen molar-refractivity contribution in [3.63, 3.8) is 0 Å². The molecule has 0 unspecified atom stereocenters. The Labute approximate surface area is 756 Å². The zero-order chi connectivity index (χ0) is 91.7. The summed E-state index contributed by atoms with van der Waals surface area (Å²) in [4.78, 5) is 87.4. The van der Waals surface area contributed by atoms with Gasteiger partial charge in [0, 0.05) is 96.8 Å². The summed E-state index contributed by atoms with van der Waals surface area (Å²) in [5.41, 5.74) is 27.3. The number of aliphatic hydroxyl groups is 2. The number of methoxy groups -OCH3 is 4. The molecule has 16 atom stereocenters. The number of ketones is 2. The van der Waals surface area contributed by atoms with E-state index in [9.17, 15) is 34.2 Å². The highest BCUT2D eigenvalue weighted by Gasteiger charge is 2.53. The number of amides is 2. The Morgan fingerprint density at radius 3 is 2.04 bits per heavy atom. The van der Waals surface area contributed by atoms with E-state index in [1.54, 1.807) is 41.2 Å². The number of cyclic esters (lactones) is 1.